The fourth-order valence-electron chi connectivity index (χ4n) is 1.68. The van der Waals surface area contributed by atoms with E-state index in [0.29, 0.717) is 25.4 Å². The molecule has 1 saturated heterocycles. The van der Waals surface area contributed by atoms with Crippen LogP contribution >= 0.6 is 0 Å². The molecule has 0 spiro atoms. The molecular weight excluding hydrogens is 194 g/mol. The van der Waals surface area contributed by atoms with E-state index in [2.05, 4.69) is 16.0 Å². The van der Waals surface area contributed by atoms with E-state index in [-0.39, 0.29) is 17.9 Å². The molecule has 0 radical (unpaired) electrons. The summed E-state index contributed by atoms with van der Waals surface area (Å²) in [5, 5.41) is 8.77. The first-order valence-electron chi connectivity index (χ1n) is 5.56. The molecule has 15 heavy (non-hydrogen) atoms. The van der Waals surface area contributed by atoms with Gasteiger partial charge in [-0.1, -0.05) is 0 Å². The Morgan fingerprint density at radius 3 is 2.73 bits per heavy atom. The van der Waals surface area contributed by atoms with Crippen LogP contribution in [-0.2, 0) is 9.59 Å². The number of carbonyl (C=O) groups is 2. The summed E-state index contributed by atoms with van der Waals surface area (Å²) in [6.45, 7) is 1.46. The lowest BCUT2D eigenvalue weighted by Crippen LogP contribution is -2.43. The Bertz CT molecular complexity index is 263. The first-order valence-corrected chi connectivity index (χ1v) is 5.56. The minimum absolute atomic E-state index is 0.0220. The van der Waals surface area contributed by atoms with Crippen LogP contribution in [-0.4, -0.2) is 37.0 Å². The molecule has 0 bridgehead atoms. The summed E-state index contributed by atoms with van der Waals surface area (Å²) in [7, 11) is 0. The van der Waals surface area contributed by atoms with Gasteiger partial charge in [0.1, 0.15) is 6.04 Å². The molecule has 1 saturated carbocycles. The molecule has 2 fully saturated rings. The van der Waals surface area contributed by atoms with Gasteiger partial charge >= 0.3 is 0 Å². The third-order valence-corrected chi connectivity index (χ3v) is 2.75. The summed E-state index contributed by atoms with van der Waals surface area (Å²) in [5.74, 6) is -0.0790. The average Bonchev–Trinajstić information content (AvgIpc) is 2.94. The smallest absolute Gasteiger partial charge is 0.242 e. The fourth-order valence-corrected chi connectivity index (χ4v) is 1.68. The third kappa shape index (κ3) is 3.20. The van der Waals surface area contributed by atoms with Crippen LogP contribution in [0.1, 0.15) is 25.7 Å². The van der Waals surface area contributed by atoms with Gasteiger partial charge in [-0.15, -0.1) is 0 Å². The summed E-state index contributed by atoms with van der Waals surface area (Å²) >= 11 is 0. The Kier molecular flexibility index (Phi) is 3.20. The third-order valence-electron chi connectivity index (χ3n) is 2.75. The van der Waals surface area contributed by atoms with E-state index in [9.17, 15) is 9.59 Å². The minimum atomic E-state index is -0.307. The lowest BCUT2D eigenvalue weighted by Gasteiger charge is -2.10. The van der Waals surface area contributed by atoms with Crippen molar-refractivity contribution in [2.24, 2.45) is 0 Å². The number of hydrogen-bond donors (Lipinski definition) is 3. The maximum absolute atomic E-state index is 11.5. The zero-order valence-electron chi connectivity index (χ0n) is 8.71. The van der Waals surface area contributed by atoms with Gasteiger partial charge in [-0.3, -0.25) is 9.59 Å². The molecule has 1 aliphatic heterocycles. The molecule has 5 nitrogen and oxygen atoms in total. The van der Waals surface area contributed by atoms with Crippen molar-refractivity contribution in [3.8, 4) is 0 Å². The largest absolute Gasteiger partial charge is 0.353 e. The zero-order valence-corrected chi connectivity index (χ0v) is 8.71. The van der Waals surface area contributed by atoms with Crippen molar-refractivity contribution in [3.63, 3.8) is 0 Å². The van der Waals surface area contributed by atoms with E-state index in [1.807, 2.05) is 0 Å². The summed E-state index contributed by atoms with van der Waals surface area (Å²) in [5.41, 5.74) is 0. The molecule has 2 rings (SSSR count). The Morgan fingerprint density at radius 1 is 1.33 bits per heavy atom. The van der Waals surface area contributed by atoms with Crippen LogP contribution in [0, 0.1) is 0 Å². The molecule has 5 heteroatoms. The fraction of sp³-hybridized carbons (Fsp3) is 0.800. The van der Waals surface area contributed by atoms with Crippen LogP contribution in [0.2, 0.25) is 0 Å². The van der Waals surface area contributed by atoms with Crippen LogP contribution < -0.4 is 16.0 Å². The molecule has 0 aromatic rings. The van der Waals surface area contributed by atoms with Crippen molar-refractivity contribution in [3.05, 3.63) is 0 Å². The maximum Gasteiger partial charge on any atom is 0.242 e. The van der Waals surface area contributed by atoms with E-state index in [1.54, 1.807) is 0 Å². The molecule has 0 aromatic carbocycles. The van der Waals surface area contributed by atoms with Gasteiger partial charge in [-0.2, -0.15) is 0 Å². The lowest BCUT2D eigenvalue weighted by molar-refractivity contribution is -0.125. The van der Waals surface area contributed by atoms with E-state index < -0.39 is 0 Å². The van der Waals surface area contributed by atoms with Crippen LogP contribution in [0.3, 0.4) is 0 Å². The van der Waals surface area contributed by atoms with E-state index in [1.165, 1.54) is 12.8 Å². The molecule has 0 unspecified atom stereocenters. The SMILES string of the molecule is O=C1CC[C@H](C(=O)NCCNC2CC2)N1. The highest BCUT2D eigenvalue weighted by Crippen LogP contribution is 2.17. The molecule has 2 aliphatic rings. The number of rotatable bonds is 5. The predicted molar refractivity (Wildman–Crippen MR) is 55.2 cm³/mol. The van der Waals surface area contributed by atoms with Gasteiger partial charge in [-0.25, -0.2) is 0 Å². The van der Waals surface area contributed by atoms with E-state index in [0.717, 1.165) is 6.54 Å². The number of hydrogen-bond acceptors (Lipinski definition) is 3. The second-order valence-electron chi connectivity index (χ2n) is 4.18. The van der Waals surface area contributed by atoms with Crippen LogP contribution in [0.4, 0.5) is 0 Å². The van der Waals surface area contributed by atoms with Gasteiger partial charge in [0.25, 0.3) is 0 Å². The first kappa shape index (κ1) is 10.4. The average molecular weight is 211 g/mol. The Labute approximate surface area is 89.0 Å². The summed E-state index contributed by atoms with van der Waals surface area (Å²) < 4.78 is 0. The van der Waals surface area contributed by atoms with Crippen molar-refractivity contribution in [2.75, 3.05) is 13.1 Å². The lowest BCUT2D eigenvalue weighted by atomic mass is 10.2. The highest BCUT2D eigenvalue weighted by atomic mass is 16.2. The molecule has 84 valence electrons. The highest BCUT2D eigenvalue weighted by Gasteiger charge is 2.26. The van der Waals surface area contributed by atoms with Gasteiger partial charge < -0.3 is 16.0 Å². The van der Waals surface area contributed by atoms with Crippen molar-refractivity contribution >= 4 is 11.8 Å². The standard InChI is InChI=1S/C10H17N3O2/c14-9-4-3-8(13-9)10(15)12-6-5-11-7-1-2-7/h7-8,11H,1-6H2,(H,12,15)(H,13,14)/t8-/m1/s1. The van der Waals surface area contributed by atoms with Crippen LogP contribution in [0.5, 0.6) is 0 Å². The molecule has 1 heterocycles. The molecule has 2 amide bonds. The normalized spacial score (nSPS) is 25.1. The molecule has 3 N–H and O–H groups in total. The monoisotopic (exact) mass is 211 g/mol. The maximum atomic E-state index is 11.5. The summed E-state index contributed by atoms with van der Waals surface area (Å²) in [6.07, 6.45) is 3.61. The van der Waals surface area contributed by atoms with Crippen LogP contribution in [0.25, 0.3) is 0 Å². The Hall–Kier alpha value is -1.10. The predicted octanol–water partition coefficient (Wildman–Crippen LogP) is -0.867. The number of carbonyl (C=O) groups excluding carboxylic acids is 2. The topological polar surface area (TPSA) is 70.2 Å². The van der Waals surface area contributed by atoms with Gasteiger partial charge in [-0.05, 0) is 19.3 Å². The Balaban J connectivity index is 1.57. The highest BCUT2D eigenvalue weighted by molar-refractivity contribution is 5.90. The first-order chi connectivity index (χ1) is 7.25. The number of nitrogens with one attached hydrogen (secondary N) is 3. The van der Waals surface area contributed by atoms with Crippen LogP contribution in [0.15, 0.2) is 0 Å². The Morgan fingerprint density at radius 2 is 2.13 bits per heavy atom. The van der Waals surface area contributed by atoms with E-state index >= 15 is 0 Å². The summed E-state index contributed by atoms with van der Waals surface area (Å²) in [4.78, 5) is 22.4. The number of amides is 2. The van der Waals surface area contributed by atoms with Gasteiger partial charge in [0.15, 0.2) is 0 Å². The van der Waals surface area contributed by atoms with Crippen molar-refractivity contribution in [2.45, 2.75) is 37.8 Å². The zero-order chi connectivity index (χ0) is 10.7. The van der Waals surface area contributed by atoms with Gasteiger partial charge in [0.2, 0.25) is 11.8 Å². The van der Waals surface area contributed by atoms with Crippen molar-refractivity contribution < 1.29 is 9.59 Å². The van der Waals surface area contributed by atoms with Crippen molar-refractivity contribution in [1.29, 1.82) is 0 Å². The quantitative estimate of drug-likeness (QED) is 0.518. The molecule has 1 atom stereocenters. The molecule has 1 aliphatic carbocycles. The second kappa shape index (κ2) is 4.61. The van der Waals surface area contributed by atoms with Gasteiger partial charge in [0, 0.05) is 25.6 Å². The molecule has 0 aromatic heterocycles. The minimum Gasteiger partial charge on any atom is -0.353 e. The van der Waals surface area contributed by atoms with Gasteiger partial charge in [0.05, 0.1) is 0 Å². The van der Waals surface area contributed by atoms with Crippen molar-refractivity contribution in [1.82, 2.24) is 16.0 Å². The molecular formula is C10H17N3O2. The second-order valence-corrected chi connectivity index (χ2v) is 4.18. The van der Waals surface area contributed by atoms with E-state index in [4.69, 9.17) is 0 Å². The summed E-state index contributed by atoms with van der Waals surface area (Å²) in [6, 6.07) is 0.367.